The van der Waals surface area contributed by atoms with Crippen molar-refractivity contribution in [2.45, 2.75) is 24.3 Å². The molecular formula is C26H25F2N3O3S. The molecule has 0 unspecified atom stereocenters. The van der Waals surface area contributed by atoms with Gasteiger partial charge in [0.25, 0.3) is 15.9 Å². The van der Waals surface area contributed by atoms with Crippen LogP contribution in [-0.4, -0.2) is 51.4 Å². The van der Waals surface area contributed by atoms with Crippen LogP contribution in [0.5, 0.6) is 0 Å². The van der Waals surface area contributed by atoms with E-state index >= 15 is 0 Å². The summed E-state index contributed by atoms with van der Waals surface area (Å²) in [6.07, 6.45) is 0.470. The van der Waals surface area contributed by atoms with Gasteiger partial charge in [0.05, 0.1) is 16.3 Å². The molecule has 3 aromatic rings. The molecule has 5 rings (SSSR count). The van der Waals surface area contributed by atoms with Gasteiger partial charge in [0.1, 0.15) is 11.6 Å². The number of fused-ring (bicyclic) bond motifs is 1. The zero-order valence-corrected chi connectivity index (χ0v) is 20.0. The van der Waals surface area contributed by atoms with Gasteiger partial charge in [0.15, 0.2) is 0 Å². The molecule has 0 aromatic heterocycles. The van der Waals surface area contributed by atoms with Crippen LogP contribution in [0.1, 0.15) is 22.8 Å². The predicted molar refractivity (Wildman–Crippen MR) is 130 cm³/mol. The Morgan fingerprint density at radius 3 is 2.26 bits per heavy atom. The number of piperazine rings is 1. The minimum Gasteiger partial charge on any atom is -0.366 e. The third kappa shape index (κ3) is 4.25. The van der Waals surface area contributed by atoms with E-state index < -0.39 is 15.8 Å². The molecular weight excluding hydrogens is 472 g/mol. The summed E-state index contributed by atoms with van der Waals surface area (Å²) in [5, 5.41) is 0. The first-order chi connectivity index (χ1) is 16.8. The van der Waals surface area contributed by atoms with Gasteiger partial charge in [-0.3, -0.25) is 9.10 Å². The molecule has 0 saturated carbocycles. The minimum atomic E-state index is -3.87. The zero-order valence-electron chi connectivity index (χ0n) is 19.2. The summed E-state index contributed by atoms with van der Waals surface area (Å²) in [5.74, 6) is -0.912. The van der Waals surface area contributed by atoms with Gasteiger partial charge in [0.2, 0.25) is 0 Å². The molecule has 9 heteroatoms. The number of amides is 1. The molecule has 0 radical (unpaired) electrons. The van der Waals surface area contributed by atoms with Crippen molar-refractivity contribution in [1.82, 2.24) is 4.90 Å². The number of nitrogens with zero attached hydrogens (tertiary/aromatic N) is 3. The van der Waals surface area contributed by atoms with E-state index in [9.17, 15) is 22.0 Å². The second-order valence-corrected chi connectivity index (χ2v) is 10.7. The smallest absolute Gasteiger partial charge is 0.264 e. The SMILES string of the molecule is C[C@H]1Cc2cc(C(=O)N3CCN(c4ccccc4F)CC3)ccc2N1S(=O)(=O)c1ccc(F)cc1. The van der Waals surface area contributed by atoms with E-state index in [0.29, 0.717) is 49.5 Å². The number of hydrogen-bond acceptors (Lipinski definition) is 4. The molecule has 6 nitrogen and oxygen atoms in total. The Bertz CT molecular complexity index is 1370. The quantitative estimate of drug-likeness (QED) is 0.545. The van der Waals surface area contributed by atoms with Crippen molar-refractivity contribution in [2.75, 3.05) is 35.4 Å². The van der Waals surface area contributed by atoms with Gasteiger partial charge in [-0.1, -0.05) is 12.1 Å². The van der Waals surface area contributed by atoms with Crippen LogP contribution in [0.4, 0.5) is 20.2 Å². The highest BCUT2D eigenvalue weighted by Crippen LogP contribution is 2.37. The topological polar surface area (TPSA) is 60.9 Å². The molecule has 1 amide bonds. The number of rotatable bonds is 4. The van der Waals surface area contributed by atoms with Gasteiger partial charge in [-0.2, -0.15) is 0 Å². The van der Waals surface area contributed by atoms with Crippen LogP contribution in [-0.2, 0) is 16.4 Å². The summed E-state index contributed by atoms with van der Waals surface area (Å²) in [4.78, 5) is 16.9. The maximum Gasteiger partial charge on any atom is 0.264 e. The van der Waals surface area contributed by atoms with Gasteiger partial charge in [-0.15, -0.1) is 0 Å². The van der Waals surface area contributed by atoms with Crippen molar-refractivity contribution in [1.29, 1.82) is 0 Å². The lowest BCUT2D eigenvalue weighted by Crippen LogP contribution is -2.49. The fraction of sp³-hybridized carbons (Fsp3) is 0.269. The van der Waals surface area contributed by atoms with Crippen LogP contribution in [0, 0.1) is 11.6 Å². The molecule has 0 bridgehead atoms. The maximum atomic E-state index is 14.1. The van der Waals surface area contributed by atoms with E-state index in [1.165, 1.54) is 22.5 Å². The largest absolute Gasteiger partial charge is 0.366 e. The summed E-state index contributed by atoms with van der Waals surface area (Å²) in [6.45, 7) is 3.79. The Balaban J connectivity index is 1.33. The molecule has 0 N–H and O–H groups in total. The average Bonchev–Trinajstić information content (AvgIpc) is 3.20. The lowest BCUT2D eigenvalue weighted by atomic mass is 10.1. The Morgan fingerprint density at radius 1 is 0.886 bits per heavy atom. The van der Waals surface area contributed by atoms with Crippen LogP contribution in [0.25, 0.3) is 0 Å². The first-order valence-electron chi connectivity index (χ1n) is 11.5. The molecule has 2 aliphatic heterocycles. The number of hydrogen-bond donors (Lipinski definition) is 0. The van der Waals surface area contributed by atoms with Crippen LogP contribution < -0.4 is 9.21 Å². The number of halogens is 2. The summed E-state index contributed by atoms with van der Waals surface area (Å²) in [7, 11) is -3.87. The fourth-order valence-electron chi connectivity index (χ4n) is 4.86. The fourth-order valence-corrected chi connectivity index (χ4v) is 6.56. The summed E-state index contributed by atoms with van der Waals surface area (Å²) >= 11 is 0. The molecule has 3 aromatic carbocycles. The van der Waals surface area contributed by atoms with Gasteiger partial charge in [0, 0.05) is 37.8 Å². The highest BCUT2D eigenvalue weighted by molar-refractivity contribution is 7.92. The van der Waals surface area contributed by atoms with Crippen molar-refractivity contribution in [3.8, 4) is 0 Å². The predicted octanol–water partition coefficient (Wildman–Crippen LogP) is 4.07. The molecule has 182 valence electrons. The van der Waals surface area contributed by atoms with Gasteiger partial charge in [-0.05, 0) is 73.5 Å². The Kier molecular flexibility index (Phi) is 5.96. The van der Waals surface area contributed by atoms with Crippen molar-refractivity contribution in [2.24, 2.45) is 0 Å². The first kappa shape index (κ1) is 23.3. The van der Waals surface area contributed by atoms with Crippen LogP contribution in [0.3, 0.4) is 0 Å². The molecule has 1 saturated heterocycles. The van der Waals surface area contributed by atoms with Crippen LogP contribution >= 0.6 is 0 Å². The molecule has 1 fully saturated rings. The number of para-hydroxylation sites is 1. The monoisotopic (exact) mass is 497 g/mol. The number of carbonyl (C=O) groups is 1. The second-order valence-electron chi connectivity index (χ2n) is 8.88. The first-order valence-corrected chi connectivity index (χ1v) is 12.9. The third-order valence-electron chi connectivity index (χ3n) is 6.61. The average molecular weight is 498 g/mol. The molecule has 2 aliphatic rings. The number of anilines is 2. The van der Waals surface area contributed by atoms with E-state index in [4.69, 9.17) is 0 Å². The second kappa shape index (κ2) is 8.96. The summed E-state index contributed by atoms with van der Waals surface area (Å²) in [6, 6.07) is 16.1. The van der Waals surface area contributed by atoms with E-state index in [2.05, 4.69) is 0 Å². The summed E-state index contributed by atoms with van der Waals surface area (Å²) < 4.78 is 55.3. The lowest BCUT2D eigenvalue weighted by Gasteiger charge is -2.36. The normalized spacial score (nSPS) is 18.0. The van der Waals surface area contributed by atoms with E-state index in [1.54, 1.807) is 41.3 Å². The lowest BCUT2D eigenvalue weighted by molar-refractivity contribution is 0.0746. The van der Waals surface area contributed by atoms with Gasteiger partial charge < -0.3 is 9.80 Å². The standard InChI is InChI=1S/C26H25F2N3O3S/c1-18-16-20-17-19(6-11-24(20)31(18)35(33,34)22-9-7-21(27)8-10-22)26(32)30-14-12-29(13-15-30)25-5-3-2-4-23(25)28/h2-11,17-18H,12-16H2,1H3/t18-/m0/s1. The van der Waals surface area contributed by atoms with Crippen LogP contribution in [0.2, 0.25) is 0 Å². The maximum absolute atomic E-state index is 14.1. The number of carbonyl (C=O) groups excluding carboxylic acids is 1. The Labute approximate surface area is 203 Å². The molecule has 1 atom stereocenters. The Hall–Kier alpha value is -3.46. The number of sulfonamides is 1. The molecule has 0 spiro atoms. The minimum absolute atomic E-state index is 0.0199. The van der Waals surface area contributed by atoms with E-state index in [-0.39, 0.29) is 22.7 Å². The summed E-state index contributed by atoms with van der Waals surface area (Å²) in [5.41, 5.74) is 2.34. The highest BCUT2D eigenvalue weighted by atomic mass is 32.2. The van der Waals surface area contributed by atoms with Crippen molar-refractivity contribution < 1.29 is 22.0 Å². The third-order valence-corrected chi connectivity index (χ3v) is 8.55. The van der Waals surface area contributed by atoms with Gasteiger partial charge in [-0.25, -0.2) is 17.2 Å². The highest BCUT2D eigenvalue weighted by Gasteiger charge is 2.36. The van der Waals surface area contributed by atoms with Crippen molar-refractivity contribution in [3.63, 3.8) is 0 Å². The molecule has 35 heavy (non-hydrogen) atoms. The van der Waals surface area contributed by atoms with E-state index in [0.717, 1.165) is 17.7 Å². The molecule has 0 aliphatic carbocycles. The number of benzene rings is 3. The van der Waals surface area contributed by atoms with Crippen LogP contribution in [0.15, 0.2) is 71.6 Å². The van der Waals surface area contributed by atoms with Crippen molar-refractivity contribution >= 4 is 27.3 Å². The molecule has 2 heterocycles. The van der Waals surface area contributed by atoms with Gasteiger partial charge >= 0.3 is 0 Å². The zero-order chi connectivity index (χ0) is 24.7. The van der Waals surface area contributed by atoms with Crippen molar-refractivity contribution in [3.05, 3.63) is 89.5 Å². The van der Waals surface area contributed by atoms with E-state index in [1.807, 2.05) is 11.8 Å². The Morgan fingerprint density at radius 2 is 1.57 bits per heavy atom.